The van der Waals surface area contributed by atoms with Crippen molar-refractivity contribution in [3.8, 4) is 0 Å². The van der Waals surface area contributed by atoms with E-state index in [0.29, 0.717) is 12.0 Å². The Kier molecular flexibility index (Phi) is 6.32. The van der Waals surface area contributed by atoms with Crippen molar-refractivity contribution >= 4 is 5.95 Å². The molecule has 0 radical (unpaired) electrons. The van der Waals surface area contributed by atoms with E-state index in [-0.39, 0.29) is 0 Å². The van der Waals surface area contributed by atoms with E-state index in [0.717, 1.165) is 13.1 Å². The Hall–Kier alpha value is -1.98. The molecule has 1 aromatic heterocycles. The van der Waals surface area contributed by atoms with Gasteiger partial charge in [0.25, 0.3) is 0 Å². The lowest BCUT2D eigenvalue weighted by atomic mass is 10.0. The summed E-state index contributed by atoms with van der Waals surface area (Å²) in [5, 5.41) is 3.31. The van der Waals surface area contributed by atoms with Gasteiger partial charge in [0.15, 0.2) is 0 Å². The van der Waals surface area contributed by atoms with Crippen molar-refractivity contribution < 1.29 is 0 Å². The molecule has 3 heterocycles. The van der Waals surface area contributed by atoms with Crippen LogP contribution in [0.15, 0.2) is 42.7 Å². The van der Waals surface area contributed by atoms with Gasteiger partial charge in [0, 0.05) is 43.6 Å². The first-order chi connectivity index (χ1) is 13.4. The van der Waals surface area contributed by atoms with E-state index >= 15 is 0 Å². The predicted octanol–water partition coefficient (Wildman–Crippen LogP) is 3.54. The SMILES string of the molecule is c1ccc(CNc2ncc(CN3CCCC[C@@H]3CN3CCCC3)cn2)cc1. The molecule has 1 N–H and O–H groups in total. The Morgan fingerprint density at radius 2 is 1.63 bits per heavy atom. The Labute approximate surface area is 162 Å². The van der Waals surface area contributed by atoms with Crippen LogP contribution in [0.25, 0.3) is 0 Å². The molecular weight excluding hydrogens is 334 g/mol. The topological polar surface area (TPSA) is 44.3 Å². The van der Waals surface area contributed by atoms with Crippen molar-refractivity contribution in [1.29, 1.82) is 0 Å². The Morgan fingerprint density at radius 3 is 2.41 bits per heavy atom. The number of likely N-dealkylation sites (tertiary alicyclic amines) is 2. The lowest BCUT2D eigenvalue weighted by Gasteiger charge is -2.37. The molecule has 2 aliphatic heterocycles. The zero-order valence-electron chi connectivity index (χ0n) is 16.2. The van der Waals surface area contributed by atoms with Crippen molar-refractivity contribution in [3.63, 3.8) is 0 Å². The van der Waals surface area contributed by atoms with Crippen LogP contribution in [0.5, 0.6) is 0 Å². The van der Waals surface area contributed by atoms with Crippen LogP contribution in [-0.2, 0) is 13.1 Å². The largest absolute Gasteiger partial charge is 0.350 e. The van der Waals surface area contributed by atoms with Gasteiger partial charge < -0.3 is 10.2 Å². The van der Waals surface area contributed by atoms with Gasteiger partial charge in [-0.05, 0) is 50.9 Å². The van der Waals surface area contributed by atoms with E-state index in [9.17, 15) is 0 Å². The standard InChI is InChI=1S/C22H31N5/c1-2-8-19(9-3-1)14-23-22-24-15-20(16-25-22)17-27-13-5-4-10-21(27)18-26-11-6-7-12-26/h1-3,8-9,15-16,21H,4-7,10-14,17-18H2,(H,23,24,25)/t21-/m1/s1. The second-order valence-electron chi connectivity index (χ2n) is 7.88. The molecule has 2 fully saturated rings. The van der Waals surface area contributed by atoms with Gasteiger partial charge in [-0.25, -0.2) is 9.97 Å². The van der Waals surface area contributed by atoms with Crippen LogP contribution in [0.4, 0.5) is 5.95 Å². The highest BCUT2D eigenvalue weighted by atomic mass is 15.2. The van der Waals surface area contributed by atoms with Gasteiger partial charge in [-0.1, -0.05) is 36.8 Å². The third kappa shape index (κ3) is 5.27. The maximum atomic E-state index is 4.53. The van der Waals surface area contributed by atoms with Crippen LogP contribution in [0.1, 0.15) is 43.2 Å². The number of piperidine rings is 1. The highest BCUT2D eigenvalue weighted by Gasteiger charge is 2.25. The number of aromatic nitrogens is 2. The van der Waals surface area contributed by atoms with Gasteiger partial charge in [0.2, 0.25) is 5.95 Å². The van der Waals surface area contributed by atoms with Crippen molar-refractivity contribution in [2.24, 2.45) is 0 Å². The molecule has 4 rings (SSSR count). The molecule has 0 unspecified atom stereocenters. The zero-order chi connectivity index (χ0) is 18.3. The number of benzene rings is 1. The summed E-state index contributed by atoms with van der Waals surface area (Å²) in [6, 6.07) is 11.0. The molecule has 1 atom stereocenters. The number of nitrogens with one attached hydrogen (secondary N) is 1. The lowest BCUT2D eigenvalue weighted by molar-refractivity contribution is 0.106. The third-order valence-corrected chi connectivity index (χ3v) is 5.80. The molecule has 2 aliphatic rings. The predicted molar refractivity (Wildman–Crippen MR) is 110 cm³/mol. The summed E-state index contributed by atoms with van der Waals surface area (Å²) in [4.78, 5) is 14.4. The minimum Gasteiger partial charge on any atom is -0.350 e. The van der Waals surface area contributed by atoms with E-state index in [4.69, 9.17) is 0 Å². The molecule has 0 spiro atoms. The first-order valence-corrected chi connectivity index (χ1v) is 10.4. The van der Waals surface area contributed by atoms with E-state index in [1.165, 1.54) is 69.4 Å². The fraction of sp³-hybridized carbons (Fsp3) is 0.545. The second-order valence-corrected chi connectivity index (χ2v) is 7.88. The number of nitrogens with zero attached hydrogens (tertiary/aromatic N) is 4. The van der Waals surface area contributed by atoms with Crippen molar-refractivity contribution in [1.82, 2.24) is 19.8 Å². The first kappa shape index (κ1) is 18.4. The summed E-state index contributed by atoms with van der Waals surface area (Å²) in [6.45, 7) is 6.73. The Bertz CT molecular complexity index is 682. The number of hydrogen-bond acceptors (Lipinski definition) is 5. The fourth-order valence-electron chi connectivity index (χ4n) is 4.28. The highest BCUT2D eigenvalue weighted by Crippen LogP contribution is 2.22. The molecule has 27 heavy (non-hydrogen) atoms. The molecular formula is C22H31N5. The molecule has 0 amide bonds. The number of anilines is 1. The molecule has 2 saturated heterocycles. The zero-order valence-corrected chi connectivity index (χ0v) is 16.2. The fourth-order valence-corrected chi connectivity index (χ4v) is 4.28. The monoisotopic (exact) mass is 365 g/mol. The smallest absolute Gasteiger partial charge is 0.222 e. The van der Waals surface area contributed by atoms with Crippen LogP contribution in [-0.4, -0.2) is 52.0 Å². The summed E-state index contributed by atoms with van der Waals surface area (Å²) in [7, 11) is 0. The summed E-state index contributed by atoms with van der Waals surface area (Å²) < 4.78 is 0. The van der Waals surface area contributed by atoms with Crippen molar-refractivity contribution in [3.05, 3.63) is 53.9 Å². The van der Waals surface area contributed by atoms with Gasteiger partial charge in [-0.3, -0.25) is 4.90 Å². The molecule has 0 bridgehead atoms. The Morgan fingerprint density at radius 1 is 0.889 bits per heavy atom. The molecule has 2 aromatic rings. The van der Waals surface area contributed by atoms with E-state index in [2.05, 4.69) is 49.4 Å². The number of hydrogen-bond donors (Lipinski definition) is 1. The summed E-state index contributed by atoms with van der Waals surface area (Å²) in [5.41, 5.74) is 2.46. The van der Waals surface area contributed by atoms with Crippen molar-refractivity contribution in [2.45, 2.75) is 51.2 Å². The van der Waals surface area contributed by atoms with Gasteiger partial charge in [0.1, 0.15) is 0 Å². The minimum atomic E-state index is 0.688. The van der Waals surface area contributed by atoms with Crippen molar-refractivity contribution in [2.75, 3.05) is 31.5 Å². The highest BCUT2D eigenvalue weighted by molar-refractivity contribution is 5.27. The van der Waals surface area contributed by atoms with Crippen LogP contribution < -0.4 is 5.32 Å². The molecule has 144 valence electrons. The van der Waals surface area contributed by atoms with E-state index in [1.54, 1.807) is 0 Å². The third-order valence-electron chi connectivity index (χ3n) is 5.80. The summed E-state index contributed by atoms with van der Waals surface area (Å²) in [6.07, 6.45) is 10.7. The molecule has 1 aromatic carbocycles. The molecule has 0 saturated carbocycles. The van der Waals surface area contributed by atoms with Crippen LogP contribution >= 0.6 is 0 Å². The maximum absolute atomic E-state index is 4.53. The minimum absolute atomic E-state index is 0.688. The molecule has 5 heteroatoms. The summed E-state index contributed by atoms with van der Waals surface area (Å²) >= 11 is 0. The van der Waals surface area contributed by atoms with Crippen LogP contribution in [0.2, 0.25) is 0 Å². The quantitative estimate of drug-likeness (QED) is 0.813. The van der Waals surface area contributed by atoms with Crippen LogP contribution in [0, 0.1) is 0 Å². The second kappa shape index (κ2) is 9.29. The average Bonchev–Trinajstić information content (AvgIpc) is 3.23. The van der Waals surface area contributed by atoms with Crippen LogP contribution in [0.3, 0.4) is 0 Å². The van der Waals surface area contributed by atoms with E-state index < -0.39 is 0 Å². The maximum Gasteiger partial charge on any atom is 0.222 e. The summed E-state index contributed by atoms with van der Waals surface area (Å²) in [5.74, 6) is 0.704. The average molecular weight is 366 g/mol. The number of rotatable bonds is 7. The van der Waals surface area contributed by atoms with Gasteiger partial charge >= 0.3 is 0 Å². The normalized spacial score (nSPS) is 21.4. The van der Waals surface area contributed by atoms with Gasteiger partial charge in [-0.2, -0.15) is 0 Å². The first-order valence-electron chi connectivity index (χ1n) is 10.4. The molecule has 5 nitrogen and oxygen atoms in total. The van der Waals surface area contributed by atoms with E-state index in [1.807, 2.05) is 18.5 Å². The Balaban J connectivity index is 1.31. The van der Waals surface area contributed by atoms with Gasteiger partial charge in [0.05, 0.1) is 0 Å². The molecule has 0 aliphatic carbocycles. The lowest BCUT2D eigenvalue weighted by Crippen LogP contribution is -2.45. The van der Waals surface area contributed by atoms with Gasteiger partial charge in [-0.15, -0.1) is 0 Å².